The molecule has 0 saturated heterocycles. The molecule has 0 unspecified atom stereocenters. The number of phenols is 2. The largest absolute Gasteiger partial charge is 0.508 e. The number of aromatic hydroxyl groups is 2. The van der Waals surface area contributed by atoms with E-state index in [9.17, 15) is 10.2 Å². The van der Waals surface area contributed by atoms with Gasteiger partial charge < -0.3 is 15.9 Å². The molecular weight excluding hydrogens is 214 g/mol. The summed E-state index contributed by atoms with van der Waals surface area (Å²) in [6.45, 7) is 0. The van der Waals surface area contributed by atoms with Crippen molar-refractivity contribution in [3.63, 3.8) is 0 Å². The summed E-state index contributed by atoms with van der Waals surface area (Å²) in [5, 5.41) is 19.2. The van der Waals surface area contributed by atoms with Crippen molar-refractivity contribution in [3.05, 3.63) is 53.6 Å². The summed E-state index contributed by atoms with van der Waals surface area (Å²) in [6, 6.07) is 12.8. The number of nitrogens with two attached hydrogens (primary N) is 1. The van der Waals surface area contributed by atoms with E-state index in [1.807, 2.05) is 30.3 Å². The van der Waals surface area contributed by atoms with E-state index in [4.69, 9.17) is 5.73 Å². The molecule has 0 heterocycles. The van der Waals surface area contributed by atoms with Gasteiger partial charge in [0.2, 0.25) is 0 Å². The second-order valence-corrected chi connectivity index (χ2v) is 3.98. The standard InChI is InChI=1S/C14H15NO2/c15-14-11(12(16)8-9-13(14)17)7-6-10-4-2-1-3-5-10/h1-5,8-9,16-17H,6-7,15H2. The van der Waals surface area contributed by atoms with Gasteiger partial charge in [-0.1, -0.05) is 30.3 Å². The first kappa shape index (κ1) is 11.3. The zero-order valence-electron chi connectivity index (χ0n) is 9.43. The van der Waals surface area contributed by atoms with Crippen molar-refractivity contribution in [1.82, 2.24) is 0 Å². The summed E-state index contributed by atoms with van der Waals surface area (Å²) >= 11 is 0. The van der Waals surface area contributed by atoms with Crippen molar-refractivity contribution in [2.45, 2.75) is 12.8 Å². The van der Waals surface area contributed by atoms with Crippen molar-refractivity contribution < 1.29 is 10.2 Å². The third-order valence-corrected chi connectivity index (χ3v) is 2.82. The fraction of sp³-hybridized carbons (Fsp3) is 0.143. The molecule has 2 rings (SSSR count). The molecule has 0 fully saturated rings. The SMILES string of the molecule is Nc1c(O)ccc(O)c1CCc1ccccc1. The highest BCUT2D eigenvalue weighted by Crippen LogP contribution is 2.32. The van der Waals surface area contributed by atoms with Crippen LogP contribution >= 0.6 is 0 Å². The first-order valence-electron chi connectivity index (χ1n) is 5.51. The number of hydrogen-bond acceptors (Lipinski definition) is 3. The maximum absolute atomic E-state index is 9.70. The molecule has 0 radical (unpaired) electrons. The van der Waals surface area contributed by atoms with Crippen molar-refractivity contribution >= 4 is 5.69 Å². The Hall–Kier alpha value is -2.16. The van der Waals surface area contributed by atoms with Crippen molar-refractivity contribution in [2.24, 2.45) is 0 Å². The molecule has 4 N–H and O–H groups in total. The lowest BCUT2D eigenvalue weighted by Crippen LogP contribution is -1.98. The van der Waals surface area contributed by atoms with E-state index in [0.717, 1.165) is 6.42 Å². The average Bonchev–Trinajstić information content (AvgIpc) is 2.35. The number of aryl methyl sites for hydroxylation is 1. The van der Waals surface area contributed by atoms with Crippen LogP contribution in [-0.4, -0.2) is 10.2 Å². The predicted octanol–water partition coefficient (Wildman–Crippen LogP) is 2.47. The lowest BCUT2D eigenvalue weighted by molar-refractivity contribution is 0.456. The van der Waals surface area contributed by atoms with Gasteiger partial charge in [0.25, 0.3) is 0 Å². The third kappa shape index (κ3) is 2.50. The summed E-state index contributed by atoms with van der Waals surface area (Å²) in [7, 11) is 0. The van der Waals surface area contributed by atoms with Crippen LogP contribution in [0.15, 0.2) is 42.5 Å². The second-order valence-electron chi connectivity index (χ2n) is 3.98. The van der Waals surface area contributed by atoms with Gasteiger partial charge in [-0.15, -0.1) is 0 Å². The maximum Gasteiger partial charge on any atom is 0.139 e. The molecule has 0 saturated carbocycles. The molecule has 0 amide bonds. The highest BCUT2D eigenvalue weighted by molar-refractivity contribution is 5.62. The molecule has 2 aromatic carbocycles. The van der Waals surface area contributed by atoms with Crippen LogP contribution in [0.3, 0.4) is 0 Å². The van der Waals surface area contributed by atoms with Crippen molar-refractivity contribution in [2.75, 3.05) is 5.73 Å². The van der Waals surface area contributed by atoms with Gasteiger partial charge in [-0.25, -0.2) is 0 Å². The number of anilines is 1. The second kappa shape index (κ2) is 4.78. The van der Waals surface area contributed by atoms with E-state index in [1.54, 1.807) is 0 Å². The van der Waals surface area contributed by atoms with E-state index < -0.39 is 0 Å². The van der Waals surface area contributed by atoms with Gasteiger partial charge in [-0.05, 0) is 30.5 Å². The number of nitrogen functional groups attached to an aromatic ring is 1. The van der Waals surface area contributed by atoms with Gasteiger partial charge in [0.05, 0.1) is 5.69 Å². The lowest BCUT2D eigenvalue weighted by Gasteiger charge is -2.09. The van der Waals surface area contributed by atoms with Crippen molar-refractivity contribution in [3.8, 4) is 11.5 Å². The molecule has 0 bridgehead atoms. The molecule has 17 heavy (non-hydrogen) atoms. The summed E-state index contributed by atoms with van der Waals surface area (Å²) < 4.78 is 0. The van der Waals surface area contributed by atoms with E-state index in [2.05, 4.69) is 0 Å². The Balaban J connectivity index is 2.17. The molecule has 2 aromatic rings. The molecule has 0 spiro atoms. The van der Waals surface area contributed by atoms with Crippen LogP contribution in [0.5, 0.6) is 11.5 Å². The van der Waals surface area contributed by atoms with Gasteiger partial charge in [-0.3, -0.25) is 0 Å². The Kier molecular flexibility index (Phi) is 3.19. The summed E-state index contributed by atoms with van der Waals surface area (Å²) in [5.41, 5.74) is 7.78. The number of benzene rings is 2. The fourth-order valence-corrected chi connectivity index (χ4v) is 1.82. The minimum atomic E-state index is 0.0193. The van der Waals surface area contributed by atoms with Crippen LogP contribution in [0.4, 0.5) is 5.69 Å². The quantitative estimate of drug-likeness (QED) is 0.430. The van der Waals surface area contributed by atoms with E-state index in [0.29, 0.717) is 12.0 Å². The number of hydrogen-bond donors (Lipinski definition) is 3. The molecule has 0 aromatic heterocycles. The average molecular weight is 229 g/mol. The zero-order valence-corrected chi connectivity index (χ0v) is 9.43. The molecule has 88 valence electrons. The van der Waals surface area contributed by atoms with Crippen LogP contribution in [0.1, 0.15) is 11.1 Å². The highest BCUT2D eigenvalue weighted by atomic mass is 16.3. The summed E-state index contributed by atoms with van der Waals surface area (Å²) in [6.07, 6.45) is 1.39. The van der Waals surface area contributed by atoms with Crippen molar-refractivity contribution in [1.29, 1.82) is 0 Å². The first-order valence-corrected chi connectivity index (χ1v) is 5.51. The molecule has 0 aliphatic carbocycles. The zero-order chi connectivity index (χ0) is 12.3. The van der Waals surface area contributed by atoms with Crippen LogP contribution in [-0.2, 0) is 12.8 Å². The Morgan fingerprint density at radius 1 is 0.824 bits per heavy atom. The predicted molar refractivity (Wildman–Crippen MR) is 68.0 cm³/mol. The first-order chi connectivity index (χ1) is 8.18. The summed E-state index contributed by atoms with van der Waals surface area (Å²) in [4.78, 5) is 0. The Labute approximate surface area is 100 Å². The Bertz CT molecular complexity index is 509. The van der Waals surface area contributed by atoms with Gasteiger partial charge in [-0.2, -0.15) is 0 Å². The molecule has 0 aliphatic rings. The molecule has 0 aliphatic heterocycles. The smallest absolute Gasteiger partial charge is 0.139 e. The minimum absolute atomic E-state index is 0.0193. The van der Waals surface area contributed by atoms with Gasteiger partial charge in [0, 0.05) is 5.56 Å². The van der Waals surface area contributed by atoms with Gasteiger partial charge in [0.15, 0.2) is 0 Å². The van der Waals surface area contributed by atoms with Gasteiger partial charge >= 0.3 is 0 Å². The number of phenolic OH excluding ortho intramolecular Hbond substituents is 2. The lowest BCUT2D eigenvalue weighted by atomic mass is 10.0. The van der Waals surface area contributed by atoms with Gasteiger partial charge in [0.1, 0.15) is 11.5 Å². The third-order valence-electron chi connectivity index (χ3n) is 2.82. The normalized spacial score (nSPS) is 10.4. The Morgan fingerprint density at radius 2 is 1.47 bits per heavy atom. The monoisotopic (exact) mass is 229 g/mol. The van der Waals surface area contributed by atoms with E-state index >= 15 is 0 Å². The Morgan fingerprint density at radius 3 is 2.18 bits per heavy atom. The summed E-state index contributed by atoms with van der Waals surface area (Å²) in [5.74, 6) is 0.155. The fourth-order valence-electron chi connectivity index (χ4n) is 1.82. The molecule has 3 nitrogen and oxygen atoms in total. The minimum Gasteiger partial charge on any atom is -0.508 e. The highest BCUT2D eigenvalue weighted by Gasteiger charge is 2.09. The number of rotatable bonds is 3. The van der Waals surface area contributed by atoms with Crippen LogP contribution < -0.4 is 5.73 Å². The molecular formula is C14H15NO2. The topological polar surface area (TPSA) is 66.5 Å². The van der Waals surface area contributed by atoms with E-state index in [-0.39, 0.29) is 17.2 Å². The van der Waals surface area contributed by atoms with Crippen LogP contribution in [0.2, 0.25) is 0 Å². The molecule has 0 atom stereocenters. The maximum atomic E-state index is 9.70. The van der Waals surface area contributed by atoms with Crippen LogP contribution in [0, 0.1) is 0 Å². The van der Waals surface area contributed by atoms with E-state index in [1.165, 1.54) is 17.7 Å². The molecule has 3 heteroatoms. The van der Waals surface area contributed by atoms with Crippen LogP contribution in [0.25, 0.3) is 0 Å².